The van der Waals surface area contributed by atoms with Crippen LogP contribution in [0.5, 0.6) is 11.5 Å². The molecule has 3 aromatic carbocycles. The highest BCUT2D eigenvalue weighted by Gasteiger charge is 2.38. The first-order chi connectivity index (χ1) is 32.0. The van der Waals surface area contributed by atoms with Crippen molar-refractivity contribution in [3.8, 4) is 39.8 Å². The topological polar surface area (TPSA) is 205 Å². The number of likely N-dealkylation sites (tertiary alicyclic amines) is 1. The molecule has 1 saturated heterocycles. The smallest absolute Gasteiger partial charge is 0.475 e. The van der Waals surface area contributed by atoms with Gasteiger partial charge in [0.15, 0.2) is 0 Å². The Balaban J connectivity index is 0.00000111. The number of nitriles is 1. The van der Waals surface area contributed by atoms with Gasteiger partial charge in [-0.3, -0.25) is 14.6 Å². The second-order valence-corrected chi connectivity index (χ2v) is 16.7. The predicted molar refractivity (Wildman–Crippen MR) is 230 cm³/mol. The molecule has 0 bridgehead atoms. The van der Waals surface area contributed by atoms with Gasteiger partial charge in [0.25, 0.3) is 10.0 Å². The van der Waals surface area contributed by atoms with Crippen LogP contribution in [0.15, 0.2) is 90.2 Å². The van der Waals surface area contributed by atoms with Gasteiger partial charge < -0.3 is 33.5 Å². The Bertz CT molecular complexity index is 2530. The standard InChI is InChI=1S/C41H43F3N6O8S2.C2HF3O2/c1-53-13-14-54-15-16-55-17-18-56-19-20-57-35-10-12-50(27-35)26-34-22-31(9-11-46-34)37-24-30(29-3-2-4-33(21-29)41(42,43)44)5-7-39(37)58-38-8-6-36(23-32(38)25-45)60(51,52)49-40-47-28-48-59-40;3-2(4,5)1(6)7/h2-9,11,21-24,28,35H,10,12-20,26-27H2,1H3,(H,47,48,49);(H,6,7)/t35-;/m1./s1. The predicted octanol–water partition coefficient (Wildman–Crippen LogP) is 7.67. The SMILES string of the molecule is COCCOCCOCCOCCO[C@@H]1CCN(Cc2cc(-c3cc(-c4cccc(C(F)(F)F)c4)ccc3Oc3ccc(S(=O)(=O)Nc4ncns4)cc3C#N)ccn2)C1.O=C(O)C(F)(F)F. The number of anilines is 1. The first-order valence-corrected chi connectivity index (χ1v) is 22.4. The van der Waals surface area contributed by atoms with E-state index in [0.717, 1.165) is 42.3 Å². The van der Waals surface area contributed by atoms with E-state index in [-0.39, 0.29) is 33.2 Å². The molecule has 16 nitrogen and oxygen atoms in total. The highest BCUT2D eigenvalue weighted by molar-refractivity contribution is 7.93. The fraction of sp³-hybridized carbons (Fsp3) is 0.372. The van der Waals surface area contributed by atoms with Gasteiger partial charge in [-0.15, -0.1) is 0 Å². The minimum Gasteiger partial charge on any atom is -0.475 e. The summed E-state index contributed by atoms with van der Waals surface area (Å²) >= 11 is 0.856. The van der Waals surface area contributed by atoms with Crippen LogP contribution in [0.1, 0.15) is 23.2 Å². The van der Waals surface area contributed by atoms with E-state index < -0.39 is 33.9 Å². The average Bonchev–Trinajstić information content (AvgIpc) is 3.98. The van der Waals surface area contributed by atoms with Crippen LogP contribution in [0.4, 0.5) is 31.5 Å². The fourth-order valence-electron chi connectivity index (χ4n) is 6.26. The van der Waals surface area contributed by atoms with E-state index in [9.17, 15) is 40.0 Å². The van der Waals surface area contributed by atoms with Crippen molar-refractivity contribution < 1.29 is 73.1 Å². The van der Waals surface area contributed by atoms with Crippen molar-refractivity contribution in [3.05, 3.63) is 102 Å². The summed E-state index contributed by atoms with van der Waals surface area (Å²) in [5.74, 6) is -2.42. The maximum absolute atomic E-state index is 13.7. The highest BCUT2D eigenvalue weighted by atomic mass is 32.2. The Hall–Kier alpha value is -5.78. The van der Waals surface area contributed by atoms with Crippen molar-refractivity contribution in [2.45, 2.75) is 36.3 Å². The summed E-state index contributed by atoms with van der Waals surface area (Å²) in [6.45, 7) is 5.87. The van der Waals surface area contributed by atoms with Crippen LogP contribution in [0.2, 0.25) is 0 Å². The number of alkyl halides is 6. The molecular weight excluding hydrogens is 939 g/mol. The molecule has 0 saturated carbocycles. The molecule has 1 atom stereocenters. The lowest BCUT2D eigenvalue weighted by molar-refractivity contribution is -0.192. The van der Waals surface area contributed by atoms with Crippen LogP contribution in [-0.2, 0) is 51.2 Å². The van der Waals surface area contributed by atoms with Crippen molar-refractivity contribution in [2.75, 3.05) is 77.8 Å². The van der Waals surface area contributed by atoms with Gasteiger partial charge in [0.2, 0.25) is 5.13 Å². The Labute approximate surface area is 385 Å². The minimum absolute atomic E-state index is 0.0253. The minimum atomic E-state index is -5.08. The van der Waals surface area contributed by atoms with Gasteiger partial charge in [0.05, 0.1) is 80.7 Å². The number of methoxy groups -OCH3 is 1. The molecule has 3 heterocycles. The number of nitrogens with one attached hydrogen (secondary N) is 1. The van der Waals surface area contributed by atoms with Gasteiger partial charge in [0, 0.05) is 50.0 Å². The summed E-state index contributed by atoms with van der Waals surface area (Å²) in [7, 11) is -2.48. The van der Waals surface area contributed by atoms with E-state index in [1.165, 1.54) is 30.6 Å². The van der Waals surface area contributed by atoms with Crippen molar-refractivity contribution >= 4 is 32.7 Å². The molecule has 360 valence electrons. The van der Waals surface area contributed by atoms with Crippen LogP contribution in [0.3, 0.4) is 0 Å². The number of hydrogen-bond acceptors (Lipinski definition) is 15. The molecular formula is C43H44F6N6O10S2. The van der Waals surface area contributed by atoms with Crippen LogP contribution >= 0.6 is 11.5 Å². The maximum Gasteiger partial charge on any atom is 0.490 e. The third kappa shape index (κ3) is 16.5. The van der Waals surface area contributed by atoms with Gasteiger partial charge >= 0.3 is 18.3 Å². The lowest BCUT2D eigenvalue weighted by Gasteiger charge is -2.18. The zero-order valence-electron chi connectivity index (χ0n) is 35.6. The van der Waals surface area contributed by atoms with Gasteiger partial charge in [-0.05, 0) is 77.7 Å². The number of pyridine rings is 1. The third-order valence-electron chi connectivity index (χ3n) is 9.43. The number of ether oxygens (including phenoxy) is 6. The number of nitrogens with zero attached hydrogens (tertiary/aromatic N) is 5. The average molecular weight is 983 g/mol. The number of rotatable bonds is 22. The number of carboxylic acid groups (broad SMARTS) is 1. The summed E-state index contributed by atoms with van der Waals surface area (Å²) in [6.07, 6.45) is -5.90. The van der Waals surface area contributed by atoms with Crippen LogP contribution < -0.4 is 9.46 Å². The summed E-state index contributed by atoms with van der Waals surface area (Å²) in [6, 6.07) is 19.5. The lowest BCUT2D eigenvalue weighted by Crippen LogP contribution is -2.24. The quantitative estimate of drug-likeness (QED) is 0.0504. The fourth-order valence-corrected chi connectivity index (χ4v) is 7.95. The van der Waals surface area contributed by atoms with Crippen molar-refractivity contribution in [2.24, 2.45) is 0 Å². The second kappa shape index (κ2) is 24.8. The summed E-state index contributed by atoms with van der Waals surface area (Å²) in [5, 5.41) is 17.2. The molecule has 5 aromatic rings. The zero-order valence-corrected chi connectivity index (χ0v) is 37.2. The van der Waals surface area contributed by atoms with E-state index in [1.807, 2.05) is 12.1 Å². The number of aliphatic carboxylic acids is 1. The number of carbonyl (C=O) groups is 1. The molecule has 2 N–H and O–H groups in total. The number of carboxylic acids is 1. The van der Waals surface area contributed by atoms with Gasteiger partial charge in [-0.25, -0.2) is 18.2 Å². The number of benzene rings is 3. The zero-order chi connectivity index (χ0) is 48.5. The van der Waals surface area contributed by atoms with Crippen LogP contribution in [0, 0.1) is 11.3 Å². The normalized spacial score (nSPS) is 14.3. The Morgan fingerprint density at radius 2 is 1.54 bits per heavy atom. The number of sulfonamides is 1. The first kappa shape index (κ1) is 52.2. The second-order valence-electron chi connectivity index (χ2n) is 14.2. The van der Waals surface area contributed by atoms with Gasteiger partial charge in [-0.2, -0.15) is 36.0 Å². The molecule has 6 rings (SSSR count). The number of hydrogen-bond donors (Lipinski definition) is 2. The molecule has 0 aliphatic carbocycles. The number of aromatic nitrogens is 3. The van der Waals surface area contributed by atoms with Gasteiger partial charge in [0.1, 0.15) is 23.9 Å². The van der Waals surface area contributed by atoms with Crippen molar-refractivity contribution in [1.29, 1.82) is 5.26 Å². The molecule has 0 unspecified atom stereocenters. The van der Waals surface area contributed by atoms with E-state index in [2.05, 4.69) is 24.0 Å². The van der Waals surface area contributed by atoms with E-state index >= 15 is 0 Å². The number of halogens is 6. The Kier molecular flexibility index (Phi) is 19.3. The molecule has 1 fully saturated rings. The molecule has 0 radical (unpaired) electrons. The van der Waals surface area contributed by atoms with E-state index in [4.69, 9.17) is 38.3 Å². The molecule has 1 aliphatic rings. The maximum atomic E-state index is 13.7. The molecule has 2 aromatic heterocycles. The summed E-state index contributed by atoms with van der Waals surface area (Å²) < 4.78 is 139. The summed E-state index contributed by atoms with van der Waals surface area (Å²) in [4.78, 5) is 19.4. The van der Waals surface area contributed by atoms with E-state index in [0.29, 0.717) is 88.2 Å². The highest BCUT2D eigenvalue weighted by Crippen LogP contribution is 2.40. The lowest BCUT2D eigenvalue weighted by atomic mass is 9.97. The van der Waals surface area contributed by atoms with Crippen LogP contribution in [0.25, 0.3) is 22.3 Å². The van der Waals surface area contributed by atoms with Crippen molar-refractivity contribution in [3.63, 3.8) is 0 Å². The monoisotopic (exact) mass is 982 g/mol. The van der Waals surface area contributed by atoms with Gasteiger partial charge in [-0.1, -0.05) is 18.2 Å². The molecule has 0 spiro atoms. The molecule has 67 heavy (non-hydrogen) atoms. The van der Waals surface area contributed by atoms with Crippen molar-refractivity contribution in [1.82, 2.24) is 19.2 Å². The largest absolute Gasteiger partial charge is 0.490 e. The molecule has 24 heteroatoms. The van der Waals surface area contributed by atoms with E-state index in [1.54, 1.807) is 43.6 Å². The first-order valence-electron chi connectivity index (χ1n) is 20.1. The third-order valence-corrected chi connectivity index (χ3v) is 11.5. The summed E-state index contributed by atoms with van der Waals surface area (Å²) in [5.41, 5.74) is 1.88. The Morgan fingerprint density at radius 3 is 2.18 bits per heavy atom. The Morgan fingerprint density at radius 1 is 0.866 bits per heavy atom. The van der Waals surface area contributed by atoms with Crippen LogP contribution in [-0.4, -0.2) is 124 Å². The molecule has 0 amide bonds. The molecule has 1 aliphatic heterocycles.